The van der Waals surface area contributed by atoms with Crippen molar-refractivity contribution in [2.24, 2.45) is 5.92 Å². The molecule has 0 bridgehead atoms. The molecule has 0 heterocycles. The molecule has 0 radical (unpaired) electrons. The molecule has 1 unspecified atom stereocenters. The number of ketones is 1. The third-order valence-corrected chi connectivity index (χ3v) is 3.27. The summed E-state index contributed by atoms with van der Waals surface area (Å²) in [5.74, 6) is 0.949. The maximum Gasteiger partial charge on any atom is 0.141 e. The summed E-state index contributed by atoms with van der Waals surface area (Å²) in [6.07, 6.45) is 0.547. The molecule has 2 nitrogen and oxygen atoms in total. The van der Waals surface area contributed by atoms with Gasteiger partial charge in [0.1, 0.15) is 5.78 Å². The number of carbonyl (C=O) groups is 1. The van der Waals surface area contributed by atoms with E-state index in [0.29, 0.717) is 18.1 Å². The molecule has 0 saturated heterocycles. The first-order valence-electron chi connectivity index (χ1n) is 6.86. The second-order valence-corrected chi connectivity index (χ2v) is 5.25. The molecular formula is C16H25NO. The highest BCUT2D eigenvalue weighted by Crippen LogP contribution is 2.15. The molecule has 1 aromatic carbocycles. The van der Waals surface area contributed by atoms with E-state index in [0.717, 1.165) is 18.7 Å². The summed E-state index contributed by atoms with van der Waals surface area (Å²) < 4.78 is 0. The van der Waals surface area contributed by atoms with Crippen molar-refractivity contribution < 1.29 is 4.79 Å². The van der Waals surface area contributed by atoms with Crippen LogP contribution in [0.4, 0.5) is 0 Å². The Morgan fingerprint density at radius 2 is 1.78 bits per heavy atom. The van der Waals surface area contributed by atoms with Crippen molar-refractivity contribution >= 4 is 5.78 Å². The lowest BCUT2D eigenvalue weighted by Crippen LogP contribution is -2.27. The Morgan fingerprint density at radius 3 is 2.28 bits per heavy atom. The van der Waals surface area contributed by atoms with Crippen molar-refractivity contribution in [3.05, 3.63) is 35.4 Å². The van der Waals surface area contributed by atoms with E-state index >= 15 is 0 Å². The summed E-state index contributed by atoms with van der Waals surface area (Å²) in [6.45, 7) is 10.1. The van der Waals surface area contributed by atoms with Gasteiger partial charge in [-0.05, 0) is 23.6 Å². The third-order valence-electron chi connectivity index (χ3n) is 3.27. The Kier molecular flexibility index (Phi) is 6.06. The molecule has 1 aromatic rings. The van der Waals surface area contributed by atoms with Gasteiger partial charge in [-0.1, -0.05) is 52.0 Å². The van der Waals surface area contributed by atoms with Crippen LogP contribution < -0.4 is 5.32 Å². The van der Waals surface area contributed by atoms with Crippen molar-refractivity contribution in [3.63, 3.8) is 0 Å². The molecule has 0 spiro atoms. The van der Waals surface area contributed by atoms with Crippen LogP contribution in [-0.4, -0.2) is 18.9 Å². The normalized spacial score (nSPS) is 12.7. The fourth-order valence-electron chi connectivity index (χ4n) is 1.87. The predicted molar refractivity (Wildman–Crippen MR) is 76.9 cm³/mol. The van der Waals surface area contributed by atoms with Crippen LogP contribution in [-0.2, 0) is 11.2 Å². The molecule has 100 valence electrons. The number of nitrogens with one attached hydrogen (secondary N) is 1. The first-order chi connectivity index (χ1) is 8.54. The molecule has 0 aliphatic rings. The maximum absolute atomic E-state index is 12.0. The van der Waals surface area contributed by atoms with E-state index in [1.807, 2.05) is 6.92 Å². The molecular weight excluding hydrogens is 222 g/mol. The molecule has 0 aliphatic heterocycles. The minimum absolute atomic E-state index is 0.0923. The smallest absolute Gasteiger partial charge is 0.141 e. The average Bonchev–Trinajstić information content (AvgIpc) is 2.36. The van der Waals surface area contributed by atoms with Gasteiger partial charge >= 0.3 is 0 Å². The lowest BCUT2D eigenvalue weighted by Gasteiger charge is -2.11. The van der Waals surface area contributed by atoms with Gasteiger partial charge in [-0.25, -0.2) is 0 Å². The van der Waals surface area contributed by atoms with Gasteiger partial charge in [-0.2, -0.15) is 0 Å². The van der Waals surface area contributed by atoms with E-state index in [1.165, 1.54) is 5.56 Å². The van der Waals surface area contributed by atoms with Crippen molar-refractivity contribution in [1.82, 2.24) is 5.32 Å². The SMILES string of the molecule is CCNCC(C)C(=O)Cc1ccc(C(C)C)cc1. The van der Waals surface area contributed by atoms with Gasteiger partial charge in [-0.3, -0.25) is 4.79 Å². The maximum atomic E-state index is 12.0. The van der Waals surface area contributed by atoms with E-state index in [9.17, 15) is 4.79 Å². The molecule has 0 saturated carbocycles. The summed E-state index contributed by atoms with van der Waals surface area (Å²) in [7, 11) is 0. The van der Waals surface area contributed by atoms with Crippen LogP contribution in [0.1, 0.15) is 44.7 Å². The van der Waals surface area contributed by atoms with Gasteiger partial charge in [0.15, 0.2) is 0 Å². The third kappa shape index (κ3) is 4.61. The minimum atomic E-state index is 0.0923. The monoisotopic (exact) mass is 247 g/mol. The first-order valence-corrected chi connectivity index (χ1v) is 6.86. The van der Waals surface area contributed by atoms with Gasteiger partial charge < -0.3 is 5.32 Å². The summed E-state index contributed by atoms with van der Waals surface area (Å²) >= 11 is 0. The zero-order valence-electron chi connectivity index (χ0n) is 12.0. The molecule has 1 rings (SSSR count). The zero-order chi connectivity index (χ0) is 13.5. The van der Waals surface area contributed by atoms with Gasteiger partial charge in [-0.15, -0.1) is 0 Å². The van der Waals surface area contributed by atoms with Gasteiger partial charge in [0.2, 0.25) is 0 Å². The summed E-state index contributed by atoms with van der Waals surface area (Å²) in [4.78, 5) is 12.0. The molecule has 1 atom stereocenters. The van der Waals surface area contributed by atoms with E-state index in [1.54, 1.807) is 0 Å². The van der Waals surface area contributed by atoms with Crippen LogP contribution in [0.5, 0.6) is 0 Å². The Morgan fingerprint density at radius 1 is 1.17 bits per heavy atom. The second kappa shape index (κ2) is 7.32. The van der Waals surface area contributed by atoms with Crippen molar-refractivity contribution in [1.29, 1.82) is 0 Å². The fourth-order valence-corrected chi connectivity index (χ4v) is 1.87. The topological polar surface area (TPSA) is 29.1 Å². The van der Waals surface area contributed by atoms with Crippen molar-refractivity contribution in [3.8, 4) is 0 Å². The van der Waals surface area contributed by atoms with E-state index in [4.69, 9.17) is 0 Å². The summed E-state index contributed by atoms with van der Waals surface area (Å²) in [5, 5.41) is 3.22. The standard InChI is InChI=1S/C16H25NO/c1-5-17-11-13(4)16(18)10-14-6-8-15(9-7-14)12(2)3/h6-9,12-13,17H,5,10-11H2,1-4H3. The fraction of sp³-hybridized carbons (Fsp3) is 0.562. The highest BCUT2D eigenvalue weighted by molar-refractivity contribution is 5.83. The van der Waals surface area contributed by atoms with Crippen LogP contribution >= 0.6 is 0 Å². The molecule has 0 amide bonds. The van der Waals surface area contributed by atoms with Crippen molar-refractivity contribution in [2.45, 2.75) is 40.0 Å². The molecule has 0 aliphatic carbocycles. The quantitative estimate of drug-likeness (QED) is 0.802. The number of carbonyl (C=O) groups excluding carboxylic acids is 1. The van der Waals surface area contributed by atoms with E-state index in [-0.39, 0.29) is 5.92 Å². The number of hydrogen-bond donors (Lipinski definition) is 1. The highest BCUT2D eigenvalue weighted by Gasteiger charge is 2.12. The zero-order valence-corrected chi connectivity index (χ0v) is 12.0. The van der Waals surface area contributed by atoms with Crippen molar-refractivity contribution in [2.75, 3.05) is 13.1 Å². The molecule has 1 N–H and O–H groups in total. The Labute approximate surface area is 111 Å². The Balaban J connectivity index is 2.53. The van der Waals surface area contributed by atoms with Crippen LogP contribution in [0.2, 0.25) is 0 Å². The predicted octanol–water partition coefficient (Wildman–Crippen LogP) is 3.17. The molecule has 0 aromatic heterocycles. The van der Waals surface area contributed by atoms with Crippen LogP contribution in [0.3, 0.4) is 0 Å². The lowest BCUT2D eigenvalue weighted by atomic mass is 9.96. The van der Waals surface area contributed by atoms with Gasteiger partial charge in [0, 0.05) is 18.9 Å². The van der Waals surface area contributed by atoms with Crippen LogP contribution in [0, 0.1) is 5.92 Å². The second-order valence-electron chi connectivity index (χ2n) is 5.25. The Hall–Kier alpha value is -1.15. The number of Topliss-reactive ketones (excluding diaryl/α,β-unsaturated/α-hetero) is 1. The number of rotatable bonds is 7. The Bertz CT molecular complexity index is 367. The van der Waals surface area contributed by atoms with Crippen LogP contribution in [0.25, 0.3) is 0 Å². The minimum Gasteiger partial charge on any atom is -0.316 e. The van der Waals surface area contributed by atoms with E-state index < -0.39 is 0 Å². The largest absolute Gasteiger partial charge is 0.316 e. The van der Waals surface area contributed by atoms with Gasteiger partial charge in [0.25, 0.3) is 0 Å². The lowest BCUT2D eigenvalue weighted by molar-refractivity contribution is -0.121. The summed E-state index contributed by atoms with van der Waals surface area (Å²) in [6, 6.07) is 8.41. The molecule has 2 heteroatoms. The number of hydrogen-bond acceptors (Lipinski definition) is 2. The number of benzene rings is 1. The van der Waals surface area contributed by atoms with E-state index in [2.05, 4.69) is 50.4 Å². The molecule has 18 heavy (non-hydrogen) atoms. The molecule has 0 fully saturated rings. The van der Waals surface area contributed by atoms with Gasteiger partial charge in [0.05, 0.1) is 0 Å². The van der Waals surface area contributed by atoms with Crippen LogP contribution in [0.15, 0.2) is 24.3 Å². The first kappa shape index (κ1) is 14.9. The average molecular weight is 247 g/mol. The summed E-state index contributed by atoms with van der Waals surface area (Å²) in [5.41, 5.74) is 2.44. The highest BCUT2D eigenvalue weighted by atomic mass is 16.1.